The normalized spacial score (nSPS) is 22.5. The van der Waals surface area contributed by atoms with Crippen LogP contribution < -0.4 is 5.32 Å². The molecular weight excluding hydrogens is 284 g/mol. The van der Waals surface area contributed by atoms with E-state index in [4.69, 9.17) is 4.74 Å². The number of phenols is 3. The minimum atomic E-state index is -0.121. The number of benzene rings is 1. The van der Waals surface area contributed by atoms with Crippen LogP contribution in [0.2, 0.25) is 0 Å². The van der Waals surface area contributed by atoms with Gasteiger partial charge in [0.2, 0.25) is 0 Å². The molecule has 2 aliphatic heterocycles. The summed E-state index contributed by atoms with van der Waals surface area (Å²) in [5, 5.41) is 33.5. The van der Waals surface area contributed by atoms with Crippen molar-refractivity contribution in [1.82, 2.24) is 10.2 Å². The first kappa shape index (κ1) is 15.4. The molecule has 6 heteroatoms. The van der Waals surface area contributed by atoms with E-state index in [1.165, 1.54) is 12.1 Å². The van der Waals surface area contributed by atoms with E-state index in [0.29, 0.717) is 24.7 Å². The number of hydrogen-bond acceptors (Lipinski definition) is 6. The van der Waals surface area contributed by atoms with Crippen molar-refractivity contribution in [3.8, 4) is 17.2 Å². The summed E-state index contributed by atoms with van der Waals surface area (Å²) in [4.78, 5) is 2.32. The molecule has 0 amide bonds. The van der Waals surface area contributed by atoms with Gasteiger partial charge in [-0.15, -0.1) is 0 Å². The lowest BCUT2D eigenvalue weighted by molar-refractivity contribution is 0.0199. The van der Waals surface area contributed by atoms with E-state index in [1.54, 1.807) is 0 Å². The van der Waals surface area contributed by atoms with Crippen LogP contribution in [0.1, 0.15) is 24.4 Å². The number of piperazine rings is 1. The van der Waals surface area contributed by atoms with E-state index < -0.39 is 0 Å². The Bertz CT molecular complexity index is 470. The molecule has 3 rings (SSSR count). The summed E-state index contributed by atoms with van der Waals surface area (Å²) in [5.41, 5.74) is 0.534. The summed E-state index contributed by atoms with van der Waals surface area (Å²) in [6.45, 7) is 4.99. The van der Waals surface area contributed by atoms with Crippen LogP contribution in [0.15, 0.2) is 12.1 Å². The highest BCUT2D eigenvalue weighted by Crippen LogP contribution is 2.44. The average Bonchev–Trinajstić information content (AvgIpc) is 2.52. The molecule has 6 nitrogen and oxygen atoms in total. The zero-order valence-corrected chi connectivity index (χ0v) is 12.7. The Hall–Kier alpha value is -1.50. The van der Waals surface area contributed by atoms with Crippen molar-refractivity contribution in [2.45, 2.75) is 18.9 Å². The van der Waals surface area contributed by atoms with E-state index >= 15 is 0 Å². The molecule has 2 fully saturated rings. The predicted octanol–water partition coefficient (Wildman–Crippen LogP) is 1.18. The minimum Gasteiger partial charge on any atom is -0.508 e. The highest BCUT2D eigenvalue weighted by molar-refractivity contribution is 5.50. The summed E-state index contributed by atoms with van der Waals surface area (Å²) in [6.07, 6.45) is 1.82. The first-order valence-corrected chi connectivity index (χ1v) is 7.94. The van der Waals surface area contributed by atoms with Crippen molar-refractivity contribution in [2.75, 3.05) is 39.4 Å². The van der Waals surface area contributed by atoms with Gasteiger partial charge in [0.1, 0.15) is 17.2 Å². The molecule has 2 aliphatic rings. The van der Waals surface area contributed by atoms with Gasteiger partial charge in [-0.25, -0.2) is 0 Å². The Morgan fingerprint density at radius 3 is 2.23 bits per heavy atom. The third-order valence-electron chi connectivity index (χ3n) is 4.67. The summed E-state index contributed by atoms with van der Waals surface area (Å²) < 4.78 is 5.46. The topological polar surface area (TPSA) is 85.2 Å². The van der Waals surface area contributed by atoms with Crippen LogP contribution in [-0.2, 0) is 4.74 Å². The van der Waals surface area contributed by atoms with Gasteiger partial charge in [0.15, 0.2) is 0 Å². The van der Waals surface area contributed by atoms with Crippen LogP contribution in [0.5, 0.6) is 17.2 Å². The number of ether oxygens (including phenoxy) is 1. The molecule has 2 saturated heterocycles. The quantitative estimate of drug-likeness (QED) is 0.671. The van der Waals surface area contributed by atoms with Crippen LogP contribution in [0.4, 0.5) is 0 Å². The fraction of sp³-hybridized carbons (Fsp3) is 0.625. The van der Waals surface area contributed by atoms with Crippen LogP contribution in [0.3, 0.4) is 0 Å². The second-order valence-electron chi connectivity index (χ2n) is 6.08. The van der Waals surface area contributed by atoms with Gasteiger partial charge in [-0.2, -0.15) is 0 Å². The molecule has 0 unspecified atom stereocenters. The molecule has 0 saturated carbocycles. The Labute approximate surface area is 130 Å². The number of nitrogens with one attached hydrogen (secondary N) is 1. The van der Waals surface area contributed by atoms with Crippen LogP contribution >= 0.6 is 0 Å². The first-order chi connectivity index (χ1) is 10.7. The van der Waals surface area contributed by atoms with Crippen molar-refractivity contribution >= 4 is 0 Å². The molecule has 0 spiro atoms. The van der Waals surface area contributed by atoms with Gasteiger partial charge in [0.05, 0.1) is 5.56 Å². The Morgan fingerprint density at radius 1 is 1.05 bits per heavy atom. The van der Waals surface area contributed by atoms with Gasteiger partial charge in [0, 0.05) is 57.6 Å². The second-order valence-corrected chi connectivity index (χ2v) is 6.08. The lowest BCUT2D eigenvalue weighted by Crippen LogP contribution is -2.47. The number of rotatable bonds is 3. The fourth-order valence-electron chi connectivity index (χ4n) is 3.62. The largest absolute Gasteiger partial charge is 0.508 e. The summed E-state index contributed by atoms with van der Waals surface area (Å²) in [6, 6.07) is 2.57. The SMILES string of the molecule is Oc1cc(O)c([C@@H](C2CCOCC2)N2CCNCC2)c(O)c1. The van der Waals surface area contributed by atoms with E-state index in [-0.39, 0.29) is 23.3 Å². The summed E-state index contributed by atoms with van der Waals surface area (Å²) in [7, 11) is 0. The maximum Gasteiger partial charge on any atom is 0.127 e. The van der Waals surface area contributed by atoms with Crippen molar-refractivity contribution in [3.63, 3.8) is 0 Å². The zero-order chi connectivity index (χ0) is 15.5. The lowest BCUT2D eigenvalue weighted by atomic mass is 9.84. The predicted molar refractivity (Wildman–Crippen MR) is 82.2 cm³/mol. The highest BCUT2D eigenvalue weighted by Gasteiger charge is 2.34. The van der Waals surface area contributed by atoms with Crippen molar-refractivity contribution < 1.29 is 20.1 Å². The van der Waals surface area contributed by atoms with Crippen LogP contribution in [-0.4, -0.2) is 59.6 Å². The molecule has 1 atom stereocenters. The minimum absolute atomic E-state index is 0.0347. The number of nitrogens with zero attached hydrogens (tertiary/aromatic N) is 1. The Morgan fingerprint density at radius 2 is 1.64 bits per heavy atom. The molecule has 0 radical (unpaired) electrons. The van der Waals surface area contributed by atoms with Gasteiger partial charge in [-0.1, -0.05) is 0 Å². The average molecular weight is 308 g/mol. The monoisotopic (exact) mass is 308 g/mol. The van der Waals surface area contributed by atoms with Crippen molar-refractivity contribution in [2.24, 2.45) is 5.92 Å². The van der Waals surface area contributed by atoms with Crippen LogP contribution in [0.25, 0.3) is 0 Å². The zero-order valence-electron chi connectivity index (χ0n) is 12.7. The number of hydrogen-bond donors (Lipinski definition) is 4. The smallest absolute Gasteiger partial charge is 0.127 e. The molecule has 1 aromatic rings. The van der Waals surface area contributed by atoms with Gasteiger partial charge in [0.25, 0.3) is 0 Å². The number of phenolic OH excluding ortho intramolecular Hbond substituents is 3. The van der Waals surface area contributed by atoms with Gasteiger partial charge < -0.3 is 25.4 Å². The first-order valence-electron chi connectivity index (χ1n) is 7.94. The Kier molecular flexibility index (Phi) is 4.71. The molecule has 122 valence electrons. The van der Waals surface area contributed by atoms with E-state index in [2.05, 4.69) is 10.2 Å². The molecule has 0 bridgehead atoms. The molecule has 1 aromatic carbocycles. The number of aromatic hydroxyl groups is 3. The van der Waals surface area contributed by atoms with Gasteiger partial charge in [-0.05, 0) is 18.8 Å². The van der Waals surface area contributed by atoms with Gasteiger partial charge >= 0.3 is 0 Å². The van der Waals surface area contributed by atoms with Crippen LogP contribution in [0, 0.1) is 5.92 Å². The third kappa shape index (κ3) is 3.14. The standard InChI is InChI=1S/C16H24N2O4/c19-12-9-13(20)15(14(21)10-12)16(11-1-7-22-8-2-11)18-5-3-17-4-6-18/h9-11,16-17,19-21H,1-8H2/t16-/m1/s1. The molecule has 22 heavy (non-hydrogen) atoms. The second kappa shape index (κ2) is 6.73. The van der Waals surface area contributed by atoms with E-state index in [9.17, 15) is 15.3 Å². The molecule has 0 aliphatic carbocycles. The summed E-state index contributed by atoms with van der Waals surface area (Å²) >= 11 is 0. The maximum atomic E-state index is 10.3. The molecule has 4 N–H and O–H groups in total. The third-order valence-corrected chi connectivity index (χ3v) is 4.67. The molecular formula is C16H24N2O4. The van der Waals surface area contributed by atoms with E-state index in [0.717, 1.165) is 39.0 Å². The molecule has 0 aromatic heterocycles. The Balaban J connectivity index is 1.96. The fourth-order valence-corrected chi connectivity index (χ4v) is 3.62. The van der Waals surface area contributed by atoms with E-state index in [1.807, 2.05) is 0 Å². The highest BCUT2D eigenvalue weighted by atomic mass is 16.5. The summed E-state index contributed by atoms with van der Waals surface area (Å²) in [5.74, 6) is 0.137. The van der Waals surface area contributed by atoms with Crippen molar-refractivity contribution in [3.05, 3.63) is 17.7 Å². The van der Waals surface area contributed by atoms with Crippen molar-refractivity contribution in [1.29, 1.82) is 0 Å². The lowest BCUT2D eigenvalue weighted by Gasteiger charge is -2.41. The van der Waals surface area contributed by atoms with Gasteiger partial charge in [-0.3, -0.25) is 4.90 Å². The maximum absolute atomic E-state index is 10.3. The molecule has 2 heterocycles.